The van der Waals surface area contributed by atoms with E-state index in [4.69, 9.17) is 44.7 Å². The molecular formula is C92H124N16O15. The van der Waals surface area contributed by atoms with Crippen LogP contribution in [0, 0.1) is 23.7 Å². The smallest absolute Gasteiger partial charge is 0.407 e. The maximum absolute atomic E-state index is 14.5. The number of rotatable bonds is 20. The highest BCUT2D eigenvalue weighted by atomic mass is 16.6. The van der Waals surface area contributed by atoms with Crippen LogP contribution in [0.2, 0.25) is 0 Å². The molecule has 4 aromatic heterocycles. The minimum absolute atomic E-state index is 0.00621. The SMILES string of the molecule is CO[C@H]1C[C@@H]2CCCC(O2)C(=O)C(=O)N2CCCC[C@H]2C(=O)O[C@H](CCC2CCC(OC(=O)NCc3cnc(N4CCN(C(=O)CCOCCN5CCN(C(=O)CCC(=O)N6CCc7cc(Cn8nc(-c9ccc%10oc(N)nc%10c9)c9c(N)ncnc98)ccc7C6)CC5)CC4)nc3)CC2)CC[C@H](C)/C=C(\C)[C@@H](O)CC(=O)[C@H](C)C[C@H](C)/C=C/C=CC=C1C. The van der Waals surface area contributed by atoms with E-state index in [0.717, 1.165) is 53.5 Å². The van der Waals surface area contributed by atoms with Crippen LogP contribution in [-0.2, 0) is 83.3 Å². The Hall–Kier alpha value is -10.3. The van der Waals surface area contributed by atoms with Gasteiger partial charge in [-0.25, -0.2) is 34.2 Å². The number of amides is 5. The van der Waals surface area contributed by atoms with Gasteiger partial charge in [0, 0.05) is 147 Å². The number of nitrogens with zero attached hydrogens (tertiary/aromatic N) is 13. The van der Waals surface area contributed by atoms with E-state index < -0.39 is 48.1 Å². The van der Waals surface area contributed by atoms with Gasteiger partial charge in [-0.05, 0) is 180 Å². The lowest BCUT2D eigenvalue weighted by molar-refractivity contribution is -0.167. The summed E-state index contributed by atoms with van der Waals surface area (Å²) in [7, 11) is 1.65. The van der Waals surface area contributed by atoms with Gasteiger partial charge in [0.15, 0.2) is 11.2 Å². The molecule has 0 radical (unpaired) electrons. The standard InChI is InChI=1S/C92H124N16O15/c1-59-13-8-7-9-14-61(3)79(118-6)51-72-15-12-17-78(120-72)85(114)88(115)107-34-11-10-16-74(107)89(116)121-70(25-18-60(2)48-63(5)76(110)52-75(109)62(4)47-59)26-20-64-21-27-71(28-22-64)122-92(117)97-55-66-53-95-91(96-54-66)105-42-40-104(41-43-105)82(113)33-45-119-46-44-102-36-38-103(39-37-102)80(111)30-31-81(112)106-35-32-67-49-65(19-23-69(67)57-106)56-108-87-83(86(93)98-58-99-87)84(101-108)68-24-29-77-73(50-68)100-90(94)123-77/h7-9,13-14,19,23-24,29,48-50,53-54,58-60,62,64,70-72,74,76,78-79,110H,10-12,15-18,20-22,25-28,30-47,51-52,55-57H2,1-6H3,(H2,94,100)(H,97,117)(H2,93,98,99)/b9-7?,13-8+,61-14?,63-48+/t59-,60+,62-,64?,70+,71?,72+,74+,76+,78?,79+/m1/s1. The number of anilines is 3. The maximum Gasteiger partial charge on any atom is 0.407 e. The number of ketones is 2. The van der Waals surface area contributed by atoms with Gasteiger partial charge < -0.3 is 74.5 Å². The van der Waals surface area contributed by atoms with Crippen LogP contribution in [0.25, 0.3) is 33.4 Å². The molecule has 662 valence electrons. The van der Waals surface area contributed by atoms with Crippen LogP contribution in [0.4, 0.5) is 22.6 Å². The minimum atomic E-state index is -0.930. The number of nitrogen functional groups attached to an aromatic ring is 2. The summed E-state index contributed by atoms with van der Waals surface area (Å²) < 4.78 is 37.9. The zero-order chi connectivity index (χ0) is 86.6. The molecule has 2 aromatic carbocycles. The topological polar surface area (TPSA) is 382 Å². The van der Waals surface area contributed by atoms with Crippen molar-refractivity contribution in [1.29, 1.82) is 0 Å². The number of carbonyl (C=O) groups is 8. The number of aliphatic hydroxyl groups is 1. The number of carbonyl (C=O) groups excluding carboxylic acids is 8. The zero-order valence-electron chi connectivity index (χ0n) is 72.3. The van der Waals surface area contributed by atoms with E-state index in [9.17, 15) is 43.5 Å². The number of hydrogen-bond donors (Lipinski definition) is 4. The van der Waals surface area contributed by atoms with Gasteiger partial charge in [0.1, 0.15) is 53.5 Å². The summed E-state index contributed by atoms with van der Waals surface area (Å²) in [5.74, 6) is -0.897. The Morgan fingerprint density at radius 1 is 0.699 bits per heavy atom. The average molecular weight is 1690 g/mol. The van der Waals surface area contributed by atoms with Crippen LogP contribution >= 0.6 is 0 Å². The predicted octanol–water partition coefficient (Wildman–Crippen LogP) is 10.4. The number of esters is 1. The molecule has 5 amide bonds. The highest BCUT2D eigenvalue weighted by Crippen LogP contribution is 2.37. The third kappa shape index (κ3) is 24.6. The molecule has 10 heterocycles. The molecule has 31 nitrogen and oxygen atoms in total. The van der Waals surface area contributed by atoms with E-state index in [-0.39, 0.29) is 110 Å². The van der Waals surface area contributed by atoms with Gasteiger partial charge >= 0.3 is 12.1 Å². The number of piperazine rings is 2. The Morgan fingerprint density at radius 3 is 2.23 bits per heavy atom. The van der Waals surface area contributed by atoms with Crippen LogP contribution in [0.15, 0.2) is 107 Å². The van der Waals surface area contributed by atoms with Gasteiger partial charge in [-0.2, -0.15) is 10.1 Å². The number of alkyl carbamates (subject to hydrolysis) is 1. The molecule has 6 N–H and O–H groups in total. The number of allylic oxidation sites excluding steroid dienone is 6. The Labute approximate surface area is 720 Å². The molecule has 6 aromatic rings. The monoisotopic (exact) mass is 1690 g/mol. The number of Topliss-reactive ketones (excluding diaryl/α,β-unsaturated/α-hetero) is 2. The van der Waals surface area contributed by atoms with E-state index in [0.29, 0.717) is 226 Å². The summed E-state index contributed by atoms with van der Waals surface area (Å²) >= 11 is 0. The van der Waals surface area contributed by atoms with Crippen LogP contribution in [0.5, 0.6) is 0 Å². The Balaban J connectivity index is 0.490. The van der Waals surface area contributed by atoms with E-state index in [2.05, 4.69) is 67.2 Å². The van der Waals surface area contributed by atoms with Gasteiger partial charge in [0.2, 0.25) is 29.5 Å². The summed E-state index contributed by atoms with van der Waals surface area (Å²) in [4.78, 5) is 143. The number of oxazole rings is 1. The molecule has 31 heteroatoms. The van der Waals surface area contributed by atoms with Crippen molar-refractivity contribution in [3.05, 3.63) is 125 Å². The van der Waals surface area contributed by atoms with Crippen LogP contribution < -0.4 is 21.7 Å². The molecule has 6 aliphatic heterocycles. The second-order valence-electron chi connectivity index (χ2n) is 34.7. The number of methoxy groups -OCH3 is 1. The number of cyclic esters (lactones) is 1. The largest absolute Gasteiger partial charge is 0.461 e. The van der Waals surface area contributed by atoms with E-state index in [1.807, 2.05) is 93.6 Å². The van der Waals surface area contributed by atoms with E-state index in [1.54, 1.807) is 25.6 Å². The van der Waals surface area contributed by atoms with Gasteiger partial charge in [0.05, 0.1) is 49.9 Å². The molecule has 2 bridgehead atoms. The first kappa shape index (κ1) is 90.4. The number of nitrogens with two attached hydrogens (primary N) is 2. The number of benzene rings is 2. The number of aromatic nitrogens is 7. The van der Waals surface area contributed by atoms with Gasteiger partial charge in [-0.15, -0.1) is 0 Å². The Morgan fingerprint density at radius 2 is 1.46 bits per heavy atom. The lowest BCUT2D eigenvalue weighted by Gasteiger charge is -2.36. The highest BCUT2D eigenvalue weighted by Gasteiger charge is 2.42. The molecule has 1 saturated carbocycles. The number of hydrogen-bond acceptors (Lipinski definition) is 25. The Kier molecular flexibility index (Phi) is 31.8. The van der Waals surface area contributed by atoms with Gasteiger partial charge in [0.25, 0.3) is 11.9 Å². The summed E-state index contributed by atoms with van der Waals surface area (Å²) in [6.07, 6.45) is 24.5. The summed E-state index contributed by atoms with van der Waals surface area (Å²) in [6.45, 7) is 17.9. The van der Waals surface area contributed by atoms with Gasteiger partial charge in [-0.1, -0.05) is 75.4 Å². The van der Waals surface area contributed by atoms with E-state index in [1.165, 1.54) is 11.2 Å². The third-order valence-corrected chi connectivity index (χ3v) is 25.6. The van der Waals surface area contributed by atoms with Gasteiger partial charge in [-0.3, -0.25) is 33.7 Å². The summed E-state index contributed by atoms with van der Waals surface area (Å²) in [5.41, 5.74) is 21.0. The number of fused-ring (bicyclic) bond motifs is 6. The first-order chi connectivity index (χ1) is 59.4. The molecule has 9 atom stereocenters. The Bertz CT molecular complexity index is 4790. The van der Waals surface area contributed by atoms with Crippen LogP contribution in [0.1, 0.15) is 185 Å². The molecule has 4 saturated heterocycles. The summed E-state index contributed by atoms with van der Waals surface area (Å²) in [6, 6.07) is 11.0. The predicted molar refractivity (Wildman–Crippen MR) is 464 cm³/mol. The molecule has 1 unspecified atom stereocenters. The molecule has 13 rings (SSSR count). The highest BCUT2D eigenvalue weighted by molar-refractivity contribution is 6.38. The fraction of sp³-hybridized carbons (Fsp3) is 0.587. The average Bonchev–Trinajstić information content (AvgIpc) is 1.62. The quantitative estimate of drug-likeness (QED) is 0.0239. The first-order valence-corrected chi connectivity index (χ1v) is 44.5. The van der Waals surface area contributed by atoms with Crippen molar-refractivity contribution < 1.29 is 71.6 Å². The molecular weight excluding hydrogens is 1570 g/mol. The van der Waals surface area contributed by atoms with Crippen molar-refractivity contribution in [3.8, 4) is 11.3 Å². The molecule has 123 heavy (non-hydrogen) atoms. The zero-order valence-corrected chi connectivity index (χ0v) is 72.3. The van der Waals surface area contributed by atoms with Crippen molar-refractivity contribution in [2.24, 2.45) is 23.7 Å². The van der Waals surface area contributed by atoms with Crippen molar-refractivity contribution in [1.82, 2.24) is 64.5 Å². The number of ether oxygens (including phenoxy) is 5. The lowest BCUT2D eigenvalue weighted by atomic mass is 9.83. The normalized spacial score (nSPS) is 25.7. The first-order valence-electron chi connectivity index (χ1n) is 44.5. The van der Waals surface area contributed by atoms with E-state index >= 15 is 0 Å². The van der Waals surface area contributed by atoms with Crippen molar-refractivity contribution >= 4 is 87.2 Å². The molecule has 7 aliphatic rings. The maximum atomic E-state index is 14.5. The fourth-order valence-corrected chi connectivity index (χ4v) is 18.2. The molecule has 5 fully saturated rings. The number of piperidine rings is 1. The molecule has 1 aliphatic carbocycles. The third-order valence-electron chi connectivity index (χ3n) is 25.6. The van der Waals surface area contributed by atoms with Crippen molar-refractivity contribution in [2.45, 2.75) is 232 Å². The molecule has 0 spiro atoms. The summed E-state index contributed by atoms with van der Waals surface area (Å²) in [5, 5.41) is 19.7. The van der Waals surface area contributed by atoms with Crippen LogP contribution in [-0.4, -0.2) is 247 Å². The van der Waals surface area contributed by atoms with Crippen molar-refractivity contribution in [2.75, 3.05) is 109 Å². The number of aliphatic hydroxyl groups excluding tert-OH is 1. The lowest BCUT2D eigenvalue weighted by Crippen LogP contribution is -2.54. The minimum Gasteiger partial charge on any atom is -0.461 e. The van der Waals surface area contributed by atoms with Crippen molar-refractivity contribution in [3.63, 3.8) is 0 Å². The fourth-order valence-electron chi connectivity index (χ4n) is 18.2. The second kappa shape index (κ2) is 43.3. The number of nitrogens with one attached hydrogen (secondary N) is 1. The second-order valence-corrected chi connectivity index (χ2v) is 34.7. The van der Waals surface area contributed by atoms with Crippen LogP contribution in [0.3, 0.4) is 0 Å².